The van der Waals surface area contributed by atoms with Crippen molar-refractivity contribution >= 4 is 27.5 Å². The Morgan fingerprint density at radius 1 is 0.368 bits per heavy atom. The number of para-hydroxylation sites is 3. The van der Waals surface area contributed by atoms with Gasteiger partial charge in [-0.3, -0.25) is 0 Å². The zero-order valence-electron chi connectivity index (χ0n) is 21.0. The van der Waals surface area contributed by atoms with Crippen molar-refractivity contribution in [2.24, 2.45) is 0 Å². The van der Waals surface area contributed by atoms with Gasteiger partial charge in [0.1, 0.15) is 0 Å². The Bertz CT molecular complexity index is 1740. The number of rotatable bonds is 3. The lowest BCUT2D eigenvalue weighted by atomic mass is 10.0. The summed E-state index contributed by atoms with van der Waals surface area (Å²) in [5, 5.41) is 2.59. The van der Waals surface area contributed by atoms with Crippen LogP contribution in [-0.2, 0) is 0 Å². The average molecular weight is 489 g/mol. The van der Waals surface area contributed by atoms with Crippen molar-refractivity contribution < 1.29 is 0 Å². The first-order valence-electron chi connectivity index (χ1n) is 12.8. The predicted octanol–water partition coefficient (Wildman–Crippen LogP) is 9.39. The van der Waals surface area contributed by atoms with Crippen molar-refractivity contribution in [2.75, 3.05) is 5.73 Å². The zero-order chi connectivity index (χ0) is 25.7. The summed E-state index contributed by atoms with van der Waals surface area (Å²) in [6.45, 7) is 0. The van der Waals surface area contributed by atoms with Crippen LogP contribution >= 0.6 is 0 Å². The molecule has 0 radical (unpaired) electrons. The van der Waals surface area contributed by atoms with E-state index in [1.54, 1.807) is 0 Å². The Hall–Kier alpha value is -5.08. The normalized spacial score (nSPS) is 10.7. The van der Waals surface area contributed by atoms with Crippen LogP contribution in [0.2, 0.25) is 0 Å². The van der Waals surface area contributed by atoms with Crippen LogP contribution < -0.4 is 5.73 Å². The van der Waals surface area contributed by atoms with Gasteiger partial charge in [-0.25, -0.2) is 0 Å². The van der Waals surface area contributed by atoms with Gasteiger partial charge < -0.3 is 10.3 Å². The molecule has 0 saturated heterocycles. The molecule has 182 valence electrons. The largest absolute Gasteiger partial charge is 0.398 e. The summed E-state index contributed by atoms with van der Waals surface area (Å²) in [4.78, 5) is 0. The van der Waals surface area contributed by atoms with Crippen LogP contribution in [0.25, 0.3) is 49.7 Å². The smallest absolute Gasteiger partial charge is 0.0541 e. The molecule has 0 aliphatic rings. The fraction of sp³-hybridized carbons (Fsp3) is 0. The molecule has 0 aliphatic carbocycles. The molecule has 1 aromatic heterocycles. The van der Waals surface area contributed by atoms with E-state index in [0.29, 0.717) is 0 Å². The van der Waals surface area contributed by atoms with E-state index in [9.17, 15) is 0 Å². The summed E-state index contributed by atoms with van der Waals surface area (Å²) in [7, 11) is 0. The molecule has 1 heterocycles. The van der Waals surface area contributed by atoms with E-state index in [1.807, 2.05) is 42.5 Å². The quantitative estimate of drug-likeness (QED) is 0.247. The predicted molar refractivity (Wildman–Crippen MR) is 163 cm³/mol. The Labute approximate surface area is 223 Å². The molecule has 0 saturated carbocycles. The highest BCUT2D eigenvalue weighted by Gasteiger charge is 2.11. The van der Waals surface area contributed by atoms with Gasteiger partial charge in [0.25, 0.3) is 0 Å². The minimum absolute atomic E-state index is 0.828. The first-order chi connectivity index (χ1) is 18.8. The molecule has 0 fully saturated rings. The lowest BCUT2D eigenvalue weighted by molar-refractivity contribution is 1.18. The summed E-state index contributed by atoms with van der Waals surface area (Å²) in [5.41, 5.74) is 15.1. The summed E-state index contributed by atoms with van der Waals surface area (Å²) in [6.07, 6.45) is 0. The average Bonchev–Trinajstić information content (AvgIpc) is 3.33. The first kappa shape index (κ1) is 23.3. The van der Waals surface area contributed by atoms with Gasteiger partial charge in [-0.2, -0.15) is 0 Å². The number of fused-ring (bicyclic) bond motifs is 3. The maximum atomic E-state index is 5.85. The maximum Gasteiger partial charge on any atom is 0.0541 e. The van der Waals surface area contributed by atoms with E-state index in [2.05, 4.69) is 120 Å². The van der Waals surface area contributed by atoms with Gasteiger partial charge in [-0.15, -0.1) is 0 Å². The molecule has 7 aromatic rings. The van der Waals surface area contributed by atoms with Crippen molar-refractivity contribution in [1.29, 1.82) is 0 Å². The van der Waals surface area contributed by atoms with Gasteiger partial charge in [-0.1, -0.05) is 127 Å². The van der Waals surface area contributed by atoms with Gasteiger partial charge in [-0.05, 0) is 47.0 Å². The molecule has 0 unspecified atom stereocenters. The standard InChI is InChI=1S/C24H17N.C12H11N/c1-2-8-18(9-3-1)19-14-16-20(17-15-19)25-23-12-6-4-10-21(23)22-11-5-7-13-24(22)25;13-12-9-5-4-8-11(12)10-6-2-1-3-7-10/h1-17H;1-9H,13H2. The SMILES string of the molecule is Nc1ccccc1-c1ccccc1.c1ccc(-c2ccc(-n3c4ccccc4c4ccccc43)cc2)cc1. The van der Waals surface area contributed by atoms with Crippen LogP contribution in [0.15, 0.2) is 158 Å². The van der Waals surface area contributed by atoms with Crippen molar-refractivity contribution in [3.05, 3.63) is 158 Å². The molecule has 2 heteroatoms. The number of anilines is 1. The summed E-state index contributed by atoms with van der Waals surface area (Å²) < 4.78 is 2.35. The lowest BCUT2D eigenvalue weighted by Gasteiger charge is -2.09. The number of hydrogen-bond donors (Lipinski definition) is 1. The van der Waals surface area contributed by atoms with Crippen LogP contribution in [-0.4, -0.2) is 4.57 Å². The van der Waals surface area contributed by atoms with Gasteiger partial charge in [0.2, 0.25) is 0 Å². The second kappa shape index (κ2) is 10.5. The monoisotopic (exact) mass is 488 g/mol. The third kappa shape index (κ3) is 4.56. The fourth-order valence-electron chi connectivity index (χ4n) is 5.01. The lowest BCUT2D eigenvalue weighted by Crippen LogP contribution is -1.93. The Kier molecular flexibility index (Phi) is 6.44. The van der Waals surface area contributed by atoms with Gasteiger partial charge >= 0.3 is 0 Å². The molecule has 2 N–H and O–H groups in total. The van der Waals surface area contributed by atoms with Crippen LogP contribution in [0.4, 0.5) is 5.69 Å². The Morgan fingerprint density at radius 2 is 0.816 bits per heavy atom. The number of nitrogen functional groups attached to an aromatic ring is 1. The van der Waals surface area contributed by atoms with E-state index >= 15 is 0 Å². The van der Waals surface area contributed by atoms with E-state index in [1.165, 1.54) is 44.2 Å². The Morgan fingerprint density at radius 3 is 1.39 bits per heavy atom. The van der Waals surface area contributed by atoms with E-state index in [-0.39, 0.29) is 0 Å². The molecule has 0 atom stereocenters. The van der Waals surface area contributed by atoms with Crippen molar-refractivity contribution in [3.63, 3.8) is 0 Å². The highest BCUT2D eigenvalue weighted by molar-refractivity contribution is 6.09. The molecule has 0 bridgehead atoms. The molecule has 7 rings (SSSR count). The number of benzene rings is 6. The second-order valence-corrected chi connectivity index (χ2v) is 9.24. The number of hydrogen-bond acceptors (Lipinski definition) is 1. The molecule has 0 spiro atoms. The Balaban J connectivity index is 0.000000171. The highest BCUT2D eigenvalue weighted by Crippen LogP contribution is 2.32. The maximum absolute atomic E-state index is 5.85. The molecule has 6 aromatic carbocycles. The van der Waals surface area contributed by atoms with Crippen LogP contribution in [0, 0.1) is 0 Å². The van der Waals surface area contributed by atoms with E-state index < -0.39 is 0 Å². The topological polar surface area (TPSA) is 30.9 Å². The van der Waals surface area contributed by atoms with Gasteiger partial charge in [0.15, 0.2) is 0 Å². The summed E-state index contributed by atoms with van der Waals surface area (Å²) in [6, 6.07) is 54.6. The van der Waals surface area contributed by atoms with Gasteiger partial charge in [0.05, 0.1) is 11.0 Å². The third-order valence-corrected chi connectivity index (χ3v) is 6.86. The van der Waals surface area contributed by atoms with Crippen LogP contribution in [0.1, 0.15) is 0 Å². The van der Waals surface area contributed by atoms with Crippen LogP contribution in [0.3, 0.4) is 0 Å². The minimum Gasteiger partial charge on any atom is -0.398 e. The molecular weight excluding hydrogens is 460 g/mol. The van der Waals surface area contributed by atoms with Crippen molar-refractivity contribution in [1.82, 2.24) is 4.57 Å². The zero-order valence-corrected chi connectivity index (χ0v) is 21.0. The fourth-order valence-corrected chi connectivity index (χ4v) is 5.01. The summed E-state index contributed by atoms with van der Waals surface area (Å²) >= 11 is 0. The number of nitrogens with zero attached hydrogens (tertiary/aromatic N) is 1. The van der Waals surface area contributed by atoms with Crippen LogP contribution in [0.5, 0.6) is 0 Å². The van der Waals surface area contributed by atoms with Crippen molar-refractivity contribution in [2.45, 2.75) is 0 Å². The number of nitrogens with two attached hydrogens (primary N) is 1. The molecule has 0 amide bonds. The van der Waals surface area contributed by atoms with Crippen molar-refractivity contribution in [3.8, 4) is 27.9 Å². The number of aromatic nitrogens is 1. The van der Waals surface area contributed by atoms with E-state index in [4.69, 9.17) is 5.73 Å². The second-order valence-electron chi connectivity index (χ2n) is 9.24. The summed E-state index contributed by atoms with van der Waals surface area (Å²) in [5.74, 6) is 0. The van der Waals surface area contributed by atoms with E-state index in [0.717, 1.165) is 11.3 Å². The molecule has 2 nitrogen and oxygen atoms in total. The molecule has 0 aliphatic heterocycles. The third-order valence-electron chi connectivity index (χ3n) is 6.86. The highest BCUT2D eigenvalue weighted by atomic mass is 15.0. The van der Waals surface area contributed by atoms with Gasteiger partial charge in [0, 0.05) is 27.7 Å². The molecular formula is C36H28N2. The minimum atomic E-state index is 0.828. The molecule has 38 heavy (non-hydrogen) atoms. The first-order valence-corrected chi connectivity index (χ1v) is 12.8.